The molecule has 0 spiro atoms. The maximum absolute atomic E-state index is 12.2. The van der Waals surface area contributed by atoms with Crippen LogP contribution in [-0.2, 0) is 25.0 Å². The Morgan fingerprint density at radius 2 is 2.03 bits per heavy atom. The Bertz CT molecular complexity index is 1040. The summed E-state index contributed by atoms with van der Waals surface area (Å²) >= 11 is 3.42. The van der Waals surface area contributed by atoms with Crippen molar-refractivity contribution in [3.8, 4) is 11.5 Å². The minimum atomic E-state index is -0.184. The minimum Gasteiger partial charge on any atom is -0.496 e. The van der Waals surface area contributed by atoms with Crippen molar-refractivity contribution in [2.24, 2.45) is 7.05 Å². The zero-order valence-electron chi connectivity index (χ0n) is 17.2. The number of carbonyl (C=O) groups is 1. The number of benzene rings is 2. The molecule has 0 aliphatic carbocycles. The standard InChI is InChI=1S/C23H24BrN3O3/c1-16-6-4-5-7-21(16)30-15-18-12-17(8-10-22(18)29-3)9-11-23(28)25-14-20-19(24)13-26-27(20)2/h4-13H,14-15H2,1-3H3,(H,25,28)/b11-9+. The normalized spacial score (nSPS) is 10.9. The molecule has 0 fully saturated rings. The fourth-order valence-electron chi connectivity index (χ4n) is 2.93. The summed E-state index contributed by atoms with van der Waals surface area (Å²) in [6.07, 6.45) is 4.98. The van der Waals surface area contributed by atoms with Crippen LogP contribution >= 0.6 is 15.9 Å². The zero-order chi connectivity index (χ0) is 21.5. The molecule has 1 aromatic heterocycles. The number of ether oxygens (including phenoxy) is 2. The Hall–Kier alpha value is -3.06. The van der Waals surface area contributed by atoms with Crippen LogP contribution in [0.3, 0.4) is 0 Å². The Labute approximate surface area is 184 Å². The van der Waals surface area contributed by atoms with Gasteiger partial charge in [-0.3, -0.25) is 9.48 Å². The smallest absolute Gasteiger partial charge is 0.244 e. The minimum absolute atomic E-state index is 0.184. The van der Waals surface area contributed by atoms with E-state index >= 15 is 0 Å². The van der Waals surface area contributed by atoms with E-state index in [1.165, 1.54) is 6.08 Å². The fraction of sp³-hybridized carbons (Fsp3) is 0.217. The second kappa shape index (κ2) is 10.1. The topological polar surface area (TPSA) is 65.4 Å². The molecule has 7 heteroatoms. The largest absolute Gasteiger partial charge is 0.496 e. The van der Waals surface area contributed by atoms with E-state index in [0.717, 1.165) is 38.4 Å². The molecule has 0 saturated heterocycles. The van der Waals surface area contributed by atoms with Gasteiger partial charge in [-0.25, -0.2) is 0 Å². The predicted molar refractivity (Wildman–Crippen MR) is 120 cm³/mol. The van der Waals surface area contributed by atoms with Crippen molar-refractivity contribution >= 4 is 27.9 Å². The van der Waals surface area contributed by atoms with Crippen molar-refractivity contribution in [2.45, 2.75) is 20.1 Å². The number of rotatable bonds is 8. The van der Waals surface area contributed by atoms with E-state index in [-0.39, 0.29) is 5.91 Å². The predicted octanol–water partition coefficient (Wildman–Crippen LogP) is 4.41. The van der Waals surface area contributed by atoms with Crippen LogP contribution in [0.5, 0.6) is 11.5 Å². The molecule has 0 aliphatic heterocycles. The number of nitrogens with zero attached hydrogens (tertiary/aromatic N) is 2. The van der Waals surface area contributed by atoms with E-state index in [2.05, 4.69) is 26.3 Å². The van der Waals surface area contributed by atoms with Crippen LogP contribution in [0, 0.1) is 6.92 Å². The van der Waals surface area contributed by atoms with Crippen LogP contribution in [0.2, 0.25) is 0 Å². The lowest BCUT2D eigenvalue weighted by Gasteiger charge is -2.12. The number of halogens is 1. The number of methoxy groups -OCH3 is 1. The highest BCUT2D eigenvalue weighted by Gasteiger charge is 2.08. The van der Waals surface area contributed by atoms with E-state index in [1.54, 1.807) is 24.1 Å². The Balaban J connectivity index is 1.65. The summed E-state index contributed by atoms with van der Waals surface area (Å²) in [6, 6.07) is 13.6. The first-order valence-electron chi connectivity index (χ1n) is 9.45. The molecule has 156 valence electrons. The van der Waals surface area contributed by atoms with Gasteiger partial charge in [0.05, 0.1) is 30.0 Å². The van der Waals surface area contributed by atoms with Gasteiger partial charge in [0.2, 0.25) is 5.91 Å². The number of hydrogen-bond donors (Lipinski definition) is 1. The Kier molecular flexibility index (Phi) is 7.30. The molecule has 1 amide bonds. The first-order chi connectivity index (χ1) is 14.5. The number of aryl methyl sites for hydroxylation is 2. The molecule has 0 aliphatic rings. The number of para-hydroxylation sites is 1. The van der Waals surface area contributed by atoms with E-state index < -0.39 is 0 Å². The summed E-state index contributed by atoms with van der Waals surface area (Å²) in [5.74, 6) is 1.39. The monoisotopic (exact) mass is 469 g/mol. The first kappa shape index (κ1) is 21.6. The molecule has 0 radical (unpaired) electrons. The molecular formula is C23H24BrN3O3. The van der Waals surface area contributed by atoms with Gasteiger partial charge in [0, 0.05) is 18.7 Å². The third kappa shape index (κ3) is 5.51. The first-order valence-corrected chi connectivity index (χ1v) is 10.2. The lowest BCUT2D eigenvalue weighted by molar-refractivity contribution is -0.116. The summed E-state index contributed by atoms with van der Waals surface area (Å²) < 4.78 is 14.0. The third-order valence-electron chi connectivity index (χ3n) is 4.65. The van der Waals surface area contributed by atoms with Crippen LogP contribution in [0.25, 0.3) is 6.08 Å². The van der Waals surface area contributed by atoms with Gasteiger partial charge < -0.3 is 14.8 Å². The molecule has 0 atom stereocenters. The van der Waals surface area contributed by atoms with Gasteiger partial charge in [-0.1, -0.05) is 24.3 Å². The number of amides is 1. The fourth-order valence-corrected chi connectivity index (χ4v) is 3.41. The summed E-state index contributed by atoms with van der Waals surface area (Å²) in [7, 11) is 3.46. The van der Waals surface area contributed by atoms with Crippen molar-refractivity contribution < 1.29 is 14.3 Å². The van der Waals surface area contributed by atoms with E-state index in [0.29, 0.717) is 13.2 Å². The maximum atomic E-state index is 12.2. The van der Waals surface area contributed by atoms with Gasteiger partial charge in [0.25, 0.3) is 0 Å². The van der Waals surface area contributed by atoms with Crippen LogP contribution in [-0.4, -0.2) is 22.8 Å². The van der Waals surface area contributed by atoms with Gasteiger partial charge in [0.15, 0.2) is 0 Å². The maximum Gasteiger partial charge on any atom is 0.244 e. The molecule has 1 heterocycles. The molecule has 0 saturated carbocycles. The van der Waals surface area contributed by atoms with Crippen LogP contribution < -0.4 is 14.8 Å². The second-order valence-electron chi connectivity index (χ2n) is 6.74. The van der Waals surface area contributed by atoms with Crippen LogP contribution in [0.1, 0.15) is 22.4 Å². The Morgan fingerprint density at radius 3 is 2.73 bits per heavy atom. The highest BCUT2D eigenvalue weighted by molar-refractivity contribution is 9.10. The van der Waals surface area contributed by atoms with Crippen molar-refractivity contribution in [1.82, 2.24) is 15.1 Å². The summed E-state index contributed by atoms with van der Waals surface area (Å²) in [5.41, 5.74) is 3.76. The number of hydrogen-bond acceptors (Lipinski definition) is 4. The summed E-state index contributed by atoms with van der Waals surface area (Å²) in [5, 5.41) is 7.00. The van der Waals surface area contributed by atoms with Gasteiger partial charge >= 0.3 is 0 Å². The molecule has 2 aromatic carbocycles. The van der Waals surface area contributed by atoms with Crippen LogP contribution in [0.15, 0.2) is 59.2 Å². The van der Waals surface area contributed by atoms with Gasteiger partial charge in [0.1, 0.15) is 18.1 Å². The molecule has 3 aromatic rings. The van der Waals surface area contributed by atoms with Crippen LogP contribution in [0.4, 0.5) is 0 Å². The highest BCUT2D eigenvalue weighted by Crippen LogP contribution is 2.24. The molecule has 1 N–H and O–H groups in total. The quantitative estimate of drug-likeness (QED) is 0.496. The molecule has 30 heavy (non-hydrogen) atoms. The SMILES string of the molecule is COc1ccc(/C=C/C(=O)NCc2c(Br)cnn2C)cc1COc1ccccc1C. The molecule has 0 bridgehead atoms. The third-order valence-corrected chi connectivity index (χ3v) is 5.31. The zero-order valence-corrected chi connectivity index (χ0v) is 18.8. The van der Waals surface area contributed by atoms with Crippen molar-refractivity contribution in [1.29, 1.82) is 0 Å². The lowest BCUT2D eigenvalue weighted by Crippen LogP contribution is -2.22. The average molecular weight is 470 g/mol. The highest BCUT2D eigenvalue weighted by atomic mass is 79.9. The lowest BCUT2D eigenvalue weighted by atomic mass is 10.1. The molecule has 6 nitrogen and oxygen atoms in total. The van der Waals surface area contributed by atoms with Gasteiger partial charge in [-0.2, -0.15) is 5.10 Å². The number of nitrogens with one attached hydrogen (secondary N) is 1. The Morgan fingerprint density at radius 1 is 1.23 bits per heavy atom. The second-order valence-corrected chi connectivity index (χ2v) is 7.59. The molecule has 0 unspecified atom stereocenters. The molecular weight excluding hydrogens is 446 g/mol. The molecule has 3 rings (SSSR count). The number of aromatic nitrogens is 2. The van der Waals surface area contributed by atoms with E-state index in [4.69, 9.17) is 9.47 Å². The average Bonchev–Trinajstić information content (AvgIpc) is 3.07. The summed E-state index contributed by atoms with van der Waals surface area (Å²) in [4.78, 5) is 12.2. The summed E-state index contributed by atoms with van der Waals surface area (Å²) in [6.45, 7) is 2.77. The number of carbonyl (C=O) groups excluding carboxylic acids is 1. The van der Waals surface area contributed by atoms with Crippen molar-refractivity contribution in [2.75, 3.05) is 7.11 Å². The van der Waals surface area contributed by atoms with E-state index in [9.17, 15) is 4.79 Å². The van der Waals surface area contributed by atoms with Crippen molar-refractivity contribution in [3.63, 3.8) is 0 Å². The van der Waals surface area contributed by atoms with Gasteiger partial charge in [-0.15, -0.1) is 0 Å². The van der Waals surface area contributed by atoms with Crippen molar-refractivity contribution in [3.05, 3.63) is 81.6 Å². The van der Waals surface area contributed by atoms with Gasteiger partial charge in [-0.05, 0) is 58.3 Å². The van der Waals surface area contributed by atoms with E-state index in [1.807, 2.05) is 56.4 Å².